The molecule has 1 aromatic heterocycles. The second-order valence-corrected chi connectivity index (χ2v) is 5.56. The molecule has 0 aliphatic carbocycles. The number of carbonyl (C=O) groups excluding carboxylic acids is 3. The summed E-state index contributed by atoms with van der Waals surface area (Å²) in [6.45, 7) is 0.267. The summed E-state index contributed by atoms with van der Waals surface area (Å²) in [4.78, 5) is 36.2. The van der Waals surface area contributed by atoms with Gasteiger partial charge in [-0.05, 0) is 12.1 Å². The van der Waals surface area contributed by atoms with Crippen molar-refractivity contribution in [1.29, 1.82) is 0 Å². The molecule has 0 atom stereocenters. The molecule has 1 aliphatic rings. The number of urea groups is 1. The first-order chi connectivity index (χ1) is 11.6. The number of H-pyrrole nitrogens is 1. The minimum Gasteiger partial charge on any atom is -0.350 e. The van der Waals surface area contributed by atoms with Gasteiger partial charge in [0.1, 0.15) is 0 Å². The van der Waals surface area contributed by atoms with Crippen molar-refractivity contribution in [3.63, 3.8) is 0 Å². The van der Waals surface area contributed by atoms with Crippen LogP contribution in [0.5, 0.6) is 0 Å². The van der Waals surface area contributed by atoms with E-state index in [2.05, 4.69) is 20.8 Å². The van der Waals surface area contributed by atoms with Gasteiger partial charge in [-0.2, -0.15) is 5.10 Å². The maximum absolute atomic E-state index is 12.3. The van der Waals surface area contributed by atoms with Gasteiger partial charge in [0.2, 0.25) is 5.91 Å². The van der Waals surface area contributed by atoms with Gasteiger partial charge in [0, 0.05) is 23.7 Å². The quantitative estimate of drug-likeness (QED) is 0.701. The number of aromatic amines is 1. The lowest BCUT2D eigenvalue weighted by Crippen LogP contribution is -2.38. The summed E-state index contributed by atoms with van der Waals surface area (Å²) in [7, 11) is 0. The summed E-state index contributed by atoms with van der Waals surface area (Å²) in [5.41, 5.74) is 1.71. The normalized spacial score (nSPS) is 14.0. The number of benzene rings is 1. The van der Waals surface area contributed by atoms with E-state index in [4.69, 9.17) is 11.6 Å². The minimum atomic E-state index is -0.445. The number of hydrogen-bond acceptors (Lipinski definition) is 4. The van der Waals surface area contributed by atoms with Gasteiger partial charge in [0.05, 0.1) is 24.0 Å². The SMILES string of the molecule is O=C(NCCN1C(=O)CNC1=O)c1cn[nH]c1-c1ccc(Cl)cc1. The monoisotopic (exact) mass is 347 g/mol. The van der Waals surface area contributed by atoms with E-state index in [1.165, 1.54) is 6.20 Å². The fourth-order valence-corrected chi connectivity index (χ4v) is 2.48. The third-order valence-corrected chi connectivity index (χ3v) is 3.83. The van der Waals surface area contributed by atoms with Crippen LogP contribution in [-0.4, -0.2) is 52.6 Å². The van der Waals surface area contributed by atoms with Crippen LogP contribution in [0.2, 0.25) is 5.02 Å². The van der Waals surface area contributed by atoms with Gasteiger partial charge in [-0.25, -0.2) is 4.79 Å². The molecule has 1 fully saturated rings. The van der Waals surface area contributed by atoms with Crippen LogP contribution in [0.25, 0.3) is 11.3 Å². The topological polar surface area (TPSA) is 107 Å². The summed E-state index contributed by atoms with van der Waals surface area (Å²) in [6.07, 6.45) is 1.42. The third kappa shape index (κ3) is 3.23. The first-order valence-electron chi connectivity index (χ1n) is 7.22. The average molecular weight is 348 g/mol. The average Bonchev–Trinajstić information content (AvgIpc) is 3.17. The van der Waals surface area contributed by atoms with Gasteiger partial charge in [-0.15, -0.1) is 0 Å². The van der Waals surface area contributed by atoms with E-state index in [0.717, 1.165) is 10.5 Å². The standard InChI is InChI=1S/C15H14ClN5O3/c16-10-3-1-9(2-4-10)13-11(7-19-20-13)14(23)17-5-6-21-12(22)8-18-15(21)24/h1-4,7H,5-6,8H2,(H,17,23)(H,18,24)(H,19,20). The number of hydrogen-bond donors (Lipinski definition) is 3. The van der Waals surface area contributed by atoms with Gasteiger partial charge in [-0.1, -0.05) is 23.7 Å². The van der Waals surface area contributed by atoms with Crippen molar-refractivity contribution >= 4 is 29.4 Å². The molecule has 2 heterocycles. The number of halogens is 1. The van der Waals surface area contributed by atoms with Crippen LogP contribution < -0.4 is 10.6 Å². The van der Waals surface area contributed by atoms with Gasteiger partial charge >= 0.3 is 6.03 Å². The Kier molecular flexibility index (Phi) is 4.48. The second kappa shape index (κ2) is 6.71. The summed E-state index contributed by atoms with van der Waals surface area (Å²) in [5, 5.41) is 12.4. The van der Waals surface area contributed by atoms with Crippen molar-refractivity contribution in [2.24, 2.45) is 0 Å². The Labute approximate surface area is 142 Å². The molecule has 9 heteroatoms. The molecular weight excluding hydrogens is 334 g/mol. The van der Waals surface area contributed by atoms with E-state index >= 15 is 0 Å². The predicted octanol–water partition coefficient (Wildman–Crippen LogP) is 1.01. The Morgan fingerprint density at radius 2 is 2.04 bits per heavy atom. The fourth-order valence-electron chi connectivity index (χ4n) is 2.35. The Hall–Kier alpha value is -2.87. The molecule has 0 saturated carbocycles. The highest BCUT2D eigenvalue weighted by Gasteiger charge is 2.27. The van der Waals surface area contributed by atoms with Crippen molar-refractivity contribution in [2.75, 3.05) is 19.6 Å². The first-order valence-corrected chi connectivity index (χ1v) is 7.60. The summed E-state index contributed by atoms with van der Waals surface area (Å²) in [5.74, 6) is -0.653. The minimum absolute atomic E-state index is 0.00474. The van der Waals surface area contributed by atoms with Crippen molar-refractivity contribution in [3.8, 4) is 11.3 Å². The molecule has 3 rings (SSSR count). The second-order valence-electron chi connectivity index (χ2n) is 5.13. The maximum Gasteiger partial charge on any atom is 0.324 e. The number of nitrogens with one attached hydrogen (secondary N) is 3. The van der Waals surface area contributed by atoms with Crippen LogP contribution in [-0.2, 0) is 4.79 Å². The largest absolute Gasteiger partial charge is 0.350 e. The lowest BCUT2D eigenvalue weighted by atomic mass is 10.1. The lowest BCUT2D eigenvalue weighted by Gasteiger charge is -2.12. The Bertz CT molecular complexity index is 771. The number of carbonyl (C=O) groups is 3. The zero-order chi connectivity index (χ0) is 17.1. The maximum atomic E-state index is 12.3. The lowest BCUT2D eigenvalue weighted by molar-refractivity contribution is -0.124. The van der Waals surface area contributed by atoms with E-state index in [-0.39, 0.29) is 31.4 Å². The number of nitrogens with zero attached hydrogens (tertiary/aromatic N) is 2. The number of aromatic nitrogens is 2. The summed E-state index contributed by atoms with van der Waals surface area (Å²) < 4.78 is 0. The molecule has 0 spiro atoms. The van der Waals surface area contributed by atoms with Crippen LogP contribution in [0.1, 0.15) is 10.4 Å². The van der Waals surface area contributed by atoms with Crippen molar-refractivity contribution in [1.82, 2.24) is 25.7 Å². The van der Waals surface area contributed by atoms with Crippen LogP contribution in [0.15, 0.2) is 30.5 Å². The molecule has 1 aromatic carbocycles. The van der Waals surface area contributed by atoms with E-state index in [9.17, 15) is 14.4 Å². The smallest absolute Gasteiger partial charge is 0.324 e. The summed E-state index contributed by atoms with van der Waals surface area (Å²) >= 11 is 5.86. The summed E-state index contributed by atoms with van der Waals surface area (Å²) in [6, 6.07) is 6.55. The van der Waals surface area contributed by atoms with Crippen LogP contribution in [0, 0.1) is 0 Å². The molecule has 1 saturated heterocycles. The van der Waals surface area contributed by atoms with Crippen molar-refractivity contribution in [3.05, 3.63) is 41.0 Å². The Morgan fingerprint density at radius 1 is 1.29 bits per heavy atom. The number of imide groups is 1. The van der Waals surface area contributed by atoms with Gasteiger partial charge in [-0.3, -0.25) is 19.6 Å². The number of rotatable bonds is 5. The van der Waals surface area contributed by atoms with Crippen LogP contribution in [0.4, 0.5) is 4.79 Å². The highest BCUT2D eigenvalue weighted by molar-refractivity contribution is 6.30. The molecule has 8 nitrogen and oxygen atoms in total. The Balaban J connectivity index is 1.64. The zero-order valence-corrected chi connectivity index (χ0v) is 13.3. The van der Waals surface area contributed by atoms with Crippen molar-refractivity contribution in [2.45, 2.75) is 0 Å². The van der Waals surface area contributed by atoms with Crippen LogP contribution >= 0.6 is 11.6 Å². The highest BCUT2D eigenvalue weighted by atomic mass is 35.5. The zero-order valence-electron chi connectivity index (χ0n) is 12.5. The predicted molar refractivity (Wildman–Crippen MR) is 86.5 cm³/mol. The molecule has 3 N–H and O–H groups in total. The number of amides is 4. The molecule has 124 valence electrons. The first kappa shape index (κ1) is 16.0. The van der Waals surface area contributed by atoms with Gasteiger partial charge in [0.25, 0.3) is 5.91 Å². The molecular formula is C15H14ClN5O3. The molecule has 1 aliphatic heterocycles. The molecule has 2 aromatic rings. The van der Waals surface area contributed by atoms with E-state index in [1.54, 1.807) is 24.3 Å². The Morgan fingerprint density at radius 3 is 2.71 bits per heavy atom. The van der Waals surface area contributed by atoms with E-state index in [1.807, 2.05) is 0 Å². The van der Waals surface area contributed by atoms with Crippen LogP contribution in [0.3, 0.4) is 0 Å². The molecule has 0 radical (unpaired) electrons. The van der Waals surface area contributed by atoms with E-state index in [0.29, 0.717) is 16.3 Å². The fraction of sp³-hybridized carbons (Fsp3) is 0.200. The highest BCUT2D eigenvalue weighted by Crippen LogP contribution is 2.22. The van der Waals surface area contributed by atoms with Gasteiger partial charge in [0.15, 0.2) is 0 Å². The van der Waals surface area contributed by atoms with E-state index < -0.39 is 6.03 Å². The van der Waals surface area contributed by atoms with Gasteiger partial charge < -0.3 is 10.6 Å². The van der Waals surface area contributed by atoms with Crippen molar-refractivity contribution < 1.29 is 14.4 Å². The third-order valence-electron chi connectivity index (χ3n) is 3.57. The molecule has 0 bridgehead atoms. The molecule has 0 unspecified atom stereocenters. The molecule has 4 amide bonds. The molecule has 24 heavy (non-hydrogen) atoms.